The Morgan fingerprint density at radius 2 is 1.72 bits per heavy atom. The van der Waals surface area contributed by atoms with Gasteiger partial charge in [-0.15, -0.1) is 0 Å². The second kappa shape index (κ2) is 8.75. The van der Waals surface area contributed by atoms with E-state index < -0.39 is 12.1 Å². The van der Waals surface area contributed by atoms with Gasteiger partial charge in [0, 0.05) is 22.5 Å². The maximum Gasteiger partial charge on any atom is 0.355 e. The van der Waals surface area contributed by atoms with Crippen LogP contribution in [-0.4, -0.2) is 22.0 Å². The molecule has 150 valence electrons. The van der Waals surface area contributed by atoms with Crippen LogP contribution in [-0.2, 0) is 11.3 Å². The fraction of sp³-hybridized carbons (Fsp3) is 0.217. The predicted octanol–water partition coefficient (Wildman–Crippen LogP) is 4.29. The Bertz CT molecular complexity index is 1010. The van der Waals surface area contributed by atoms with Gasteiger partial charge in [-0.3, -0.25) is 4.79 Å². The first-order valence-corrected chi connectivity index (χ1v) is 9.36. The lowest BCUT2D eigenvalue weighted by atomic mass is 10.1. The van der Waals surface area contributed by atoms with Crippen molar-refractivity contribution >= 4 is 17.6 Å². The van der Waals surface area contributed by atoms with E-state index in [-0.39, 0.29) is 12.5 Å². The van der Waals surface area contributed by atoms with Crippen LogP contribution in [0.5, 0.6) is 0 Å². The molecule has 6 nitrogen and oxygen atoms in total. The number of amides is 1. The lowest BCUT2D eigenvalue weighted by molar-refractivity contribution is 0.0465. The Hall–Kier alpha value is -3.38. The van der Waals surface area contributed by atoms with Crippen LogP contribution in [0.4, 0.5) is 5.69 Å². The Morgan fingerprint density at radius 1 is 1.07 bits per heavy atom. The monoisotopic (exact) mass is 392 g/mol. The molecule has 29 heavy (non-hydrogen) atoms. The number of aryl methyl sites for hydroxylation is 1. The Kier molecular flexibility index (Phi) is 6.14. The fourth-order valence-electron chi connectivity index (χ4n) is 3.29. The number of hydrogen-bond donors (Lipinski definition) is 3. The number of anilines is 1. The van der Waals surface area contributed by atoms with E-state index in [1.165, 1.54) is 0 Å². The summed E-state index contributed by atoms with van der Waals surface area (Å²) in [5.74, 6) is -0.689. The molecule has 0 bridgehead atoms. The number of H-pyrrole nitrogens is 1. The third-order valence-electron chi connectivity index (χ3n) is 4.74. The summed E-state index contributed by atoms with van der Waals surface area (Å²) in [5, 5.41) is 12.7. The molecule has 0 saturated heterocycles. The average molecular weight is 392 g/mol. The summed E-state index contributed by atoms with van der Waals surface area (Å²) in [5.41, 5.74) is 4.51. The molecule has 3 N–H and O–H groups in total. The van der Waals surface area contributed by atoms with Crippen LogP contribution in [0.15, 0.2) is 54.6 Å². The number of ether oxygens (including phenoxy) is 1. The Balaban J connectivity index is 1.61. The molecular weight excluding hydrogens is 368 g/mol. The number of esters is 1. The van der Waals surface area contributed by atoms with Crippen molar-refractivity contribution in [3.8, 4) is 0 Å². The minimum Gasteiger partial charge on any atom is -0.456 e. The highest BCUT2D eigenvalue weighted by Gasteiger charge is 2.21. The van der Waals surface area contributed by atoms with E-state index in [1.54, 1.807) is 38.1 Å². The highest BCUT2D eigenvalue weighted by molar-refractivity contribution is 6.04. The molecule has 3 rings (SSSR count). The SMILES string of the molecule is Cc1[nH]c(C(=O)OCc2ccc(C(=O)Nc3ccccc3)cc2)c(C)c1[C@@H](C)O. The molecule has 0 spiro atoms. The number of carbonyl (C=O) groups is 2. The van der Waals surface area contributed by atoms with E-state index in [0.717, 1.165) is 16.9 Å². The standard InChI is InChI=1S/C23H24N2O4/c1-14-20(16(3)26)15(2)24-21(14)23(28)29-13-17-9-11-18(12-10-17)22(27)25-19-7-5-4-6-8-19/h4-12,16,24,26H,13H2,1-3H3,(H,25,27)/t16-/m1/s1. The zero-order chi connectivity index (χ0) is 21.0. The van der Waals surface area contributed by atoms with Crippen LogP contribution in [0.3, 0.4) is 0 Å². The van der Waals surface area contributed by atoms with Gasteiger partial charge in [0.15, 0.2) is 0 Å². The van der Waals surface area contributed by atoms with Crippen LogP contribution in [0.25, 0.3) is 0 Å². The van der Waals surface area contributed by atoms with E-state index in [4.69, 9.17) is 4.74 Å². The third-order valence-corrected chi connectivity index (χ3v) is 4.74. The van der Waals surface area contributed by atoms with Crippen molar-refractivity contribution in [1.82, 2.24) is 4.98 Å². The molecule has 0 radical (unpaired) electrons. The molecular formula is C23H24N2O4. The van der Waals surface area contributed by atoms with Gasteiger partial charge in [-0.25, -0.2) is 4.79 Å². The maximum absolute atomic E-state index is 12.4. The number of hydrogen-bond acceptors (Lipinski definition) is 4. The second-order valence-electron chi connectivity index (χ2n) is 6.93. The van der Waals surface area contributed by atoms with Crippen molar-refractivity contribution in [1.29, 1.82) is 0 Å². The second-order valence-corrected chi connectivity index (χ2v) is 6.93. The summed E-state index contributed by atoms with van der Waals surface area (Å²) >= 11 is 0. The molecule has 1 amide bonds. The quantitative estimate of drug-likeness (QED) is 0.546. The lowest BCUT2D eigenvalue weighted by Crippen LogP contribution is -2.12. The number of carbonyl (C=O) groups excluding carboxylic acids is 2. The lowest BCUT2D eigenvalue weighted by Gasteiger charge is -2.08. The molecule has 1 heterocycles. The van der Waals surface area contributed by atoms with E-state index >= 15 is 0 Å². The molecule has 0 saturated carbocycles. The summed E-state index contributed by atoms with van der Waals surface area (Å²) in [6, 6.07) is 16.1. The van der Waals surface area contributed by atoms with Crippen LogP contribution >= 0.6 is 0 Å². The average Bonchev–Trinajstić information content (AvgIpc) is 3.01. The molecule has 2 aromatic carbocycles. The van der Waals surface area contributed by atoms with Crippen molar-refractivity contribution in [3.63, 3.8) is 0 Å². The van der Waals surface area contributed by atoms with Crippen molar-refractivity contribution in [2.45, 2.75) is 33.5 Å². The largest absolute Gasteiger partial charge is 0.456 e. The van der Waals surface area contributed by atoms with Gasteiger partial charge in [0.2, 0.25) is 0 Å². The maximum atomic E-state index is 12.4. The van der Waals surface area contributed by atoms with E-state index in [9.17, 15) is 14.7 Å². The van der Waals surface area contributed by atoms with E-state index in [2.05, 4.69) is 10.3 Å². The van der Waals surface area contributed by atoms with E-state index in [1.807, 2.05) is 37.3 Å². The van der Waals surface area contributed by atoms with Gasteiger partial charge in [-0.1, -0.05) is 30.3 Å². The topological polar surface area (TPSA) is 91.4 Å². The molecule has 1 atom stereocenters. The van der Waals surface area contributed by atoms with Crippen LogP contribution < -0.4 is 5.32 Å². The summed E-state index contributed by atoms with van der Waals surface area (Å²) in [6.07, 6.45) is -0.664. The number of para-hydroxylation sites is 1. The van der Waals surface area contributed by atoms with Crippen molar-refractivity contribution in [3.05, 3.63) is 88.2 Å². The molecule has 0 fully saturated rings. The smallest absolute Gasteiger partial charge is 0.355 e. The van der Waals surface area contributed by atoms with Crippen molar-refractivity contribution < 1.29 is 19.4 Å². The number of aromatic amines is 1. The molecule has 1 aromatic heterocycles. The highest BCUT2D eigenvalue weighted by atomic mass is 16.5. The van der Waals surface area contributed by atoms with Gasteiger partial charge >= 0.3 is 5.97 Å². The van der Waals surface area contributed by atoms with Gasteiger partial charge in [-0.2, -0.15) is 0 Å². The molecule has 3 aromatic rings. The first kappa shape index (κ1) is 20.4. The fourth-order valence-corrected chi connectivity index (χ4v) is 3.29. The number of nitrogens with one attached hydrogen (secondary N) is 2. The number of benzene rings is 2. The predicted molar refractivity (Wildman–Crippen MR) is 111 cm³/mol. The molecule has 0 unspecified atom stereocenters. The first-order chi connectivity index (χ1) is 13.9. The Morgan fingerprint density at radius 3 is 2.31 bits per heavy atom. The molecule has 0 aliphatic carbocycles. The summed E-state index contributed by atoms with van der Waals surface area (Å²) < 4.78 is 5.39. The van der Waals surface area contributed by atoms with Gasteiger partial charge in [-0.05, 0) is 56.2 Å². The zero-order valence-corrected chi connectivity index (χ0v) is 16.7. The summed E-state index contributed by atoms with van der Waals surface area (Å²) in [4.78, 5) is 27.7. The molecule has 0 aliphatic heterocycles. The Labute approximate surface area is 169 Å². The number of rotatable bonds is 6. The molecule has 6 heteroatoms. The van der Waals surface area contributed by atoms with Crippen LogP contribution in [0.1, 0.15) is 56.3 Å². The van der Waals surface area contributed by atoms with Crippen molar-refractivity contribution in [2.24, 2.45) is 0 Å². The van der Waals surface area contributed by atoms with Gasteiger partial charge < -0.3 is 20.1 Å². The normalized spacial score (nSPS) is 11.7. The van der Waals surface area contributed by atoms with Crippen LogP contribution in [0.2, 0.25) is 0 Å². The minimum atomic E-state index is -0.664. The minimum absolute atomic E-state index is 0.0843. The van der Waals surface area contributed by atoms with Gasteiger partial charge in [0.05, 0.1) is 6.10 Å². The number of aliphatic hydroxyl groups excluding tert-OH is 1. The van der Waals surface area contributed by atoms with Crippen molar-refractivity contribution in [2.75, 3.05) is 5.32 Å². The first-order valence-electron chi connectivity index (χ1n) is 9.36. The molecule has 0 aliphatic rings. The number of aromatic nitrogens is 1. The van der Waals surface area contributed by atoms with E-state index in [0.29, 0.717) is 22.4 Å². The van der Waals surface area contributed by atoms with Crippen LogP contribution in [0, 0.1) is 13.8 Å². The summed E-state index contributed by atoms with van der Waals surface area (Å²) in [7, 11) is 0. The van der Waals surface area contributed by atoms with Gasteiger partial charge in [0.1, 0.15) is 12.3 Å². The van der Waals surface area contributed by atoms with Gasteiger partial charge in [0.25, 0.3) is 5.91 Å². The third kappa shape index (κ3) is 4.73. The number of aliphatic hydroxyl groups is 1. The zero-order valence-electron chi connectivity index (χ0n) is 16.7. The highest BCUT2D eigenvalue weighted by Crippen LogP contribution is 2.25. The summed E-state index contributed by atoms with van der Waals surface area (Å²) in [6.45, 7) is 5.34.